The van der Waals surface area contributed by atoms with Crippen LogP contribution in [0.4, 0.5) is 0 Å². The van der Waals surface area contributed by atoms with Crippen molar-refractivity contribution in [2.75, 3.05) is 6.54 Å². The van der Waals surface area contributed by atoms with Crippen molar-refractivity contribution in [3.63, 3.8) is 0 Å². The summed E-state index contributed by atoms with van der Waals surface area (Å²) in [5.41, 5.74) is 3.06. The Hall–Kier alpha value is -2.54. The average molecular weight is 364 g/mol. The van der Waals surface area contributed by atoms with Crippen molar-refractivity contribution in [2.45, 2.75) is 51.1 Å². The number of rotatable bonds is 4. The van der Waals surface area contributed by atoms with Gasteiger partial charge in [-0.15, -0.1) is 0 Å². The van der Waals surface area contributed by atoms with Gasteiger partial charge in [-0.2, -0.15) is 4.98 Å². The van der Waals surface area contributed by atoms with Gasteiger partial charge in [-0.25, -0.2) is 4.98 Å². The highest BCUT2D eigenvalue weighted by molar-refractivity contribution is 5.47. The van der Waals surface area contributed by atoms with Gasteiger partial charge in [0.1, 0.15) is 5.69 Å². The van der Waals surface area contributed by atoms with Crippen LogP contribution in [0, 0.1) is 5.92 Å². The molecule has 0 bridgehead atoms. The molecule has 2 aliphatic rings. The second kappa shape index (κ2) is 7.23. The maximum Gasteiger partial charge on any atom is 0.244 e. The van der Waals surface area contributed by atoms with Gasteiger partial charge >= 0.3 is 0 Å². The van der Waals surface area contributed by atoms with Gasteiger partial charge in [0.05, 0.1) is 23.8 Å². The van der Waals surface area contributed by atoms with Crippen LogP contribution in [0.15, 0.2) is 35.2 Å². The summed E-state index contributed by atoms with van der Waals surface area (Å²) in [6.45, 7) is 1.93. The number of imidazole rings is 1. The van der Waals surface area contributed by atoms with Crippen molar-refractivity contribution in [1.82, 2.24) is 30.0 Å². The van der Waals surface area contributed by atoms with Gasteiger partial charge in [0.2, 0.25) is 11.7 Å². The Kier molecular flexibility index (Phi) is 4.45. The molecule has 1 aliphatic heterocycles. The Labute approximate surface area is 158 Å². The first-order chi connectivity index (χ1) is 13.4. The molecule has 27 heavy (non-hydrogen) atoms. The first-order valence-electron chi connectivity index (χ1n) is 9.87. The van der Waals surface area contributed by atoms with Crippen LogP contribution < -0.4 is 0 Å². The number of pyridine rings is 1. The second-order valence-corrected chi connectivity index (χ2v) is 7.65. The van der Waals surface area contributed by atoms with Crippen molar-refractivity contribution in [2.24, 2.45) is 5.92 Å². The third-order valence-corrected chi connectivity index (χ3v) is 5.83. The van der Waals surface area contributed by atoms with E-state index in [1.54, 1.807) is 12.5 Å². The summed E-state index contributed by atoms with van der Waals surface area (Å²) < 4.78 is 5.69. The van der Waals surface area contributed by atoms with E-state index in [2.05, 4.69) is 30.0 Å². The first kappa shape index (κ1) is 16.6. The van der Waals surface area contributed by atoms with Crippen molar-refractivity contribution in [3.05, 3.63) is 48.0 Å². The lowest BCUT2D eigenvalue weighted by Crippen LogP contribution is -2.38. The van der Waals surface area contributed by atoms with Crippen LogP contribution in [0.2, 0.25) is 0 Å². The van der Waals surface area contributed by atoms with E-state index in [4.69, 9.17) is 4.52 Å². The fraction of sp³-hybridized carbons (Fsp3) is 0.500. The number of nitrogens with one attached hydrogen (secondary N) is 1. The van der Waals surface area contributed by atoms with Gasteiger partial charge in [-0.1, -0.05) is 30.5 Å². The van der Waals surface area contributed by atoms with Crippen molar-refractivity contribution in [1.29, 1.82) is 0 Å². The Morgan fingerprint density at radius 3 is 2.93 bits per heavy atom. The van der Waals surface area contributed by atoms with E-state index in [1.807, 2.05) is 18.2 Å². The molecule has 1 N–H and O–H groups in total. The highest BCUT2D eigenvalue weighted by atomic mass is 16.5. The third-order valence-electron chi connectivity index (χ3n) is 5.83. The van der Waals surface area contributed by atoms with Crippen molar-refractivity contribution in [3.8, 4) is 11.5 Å². The van der Waals surface area contributed by atoms with Crippen LogP contribution in [-0.4, -0.2) is 36.5 Å². The SMILES string of the molecule is c1ccc(-c2noc(C3Cc4nc[nH]c4CN3CC3CCCCC3)n2)nc1. The van der Waals surface area contributed by atoms with Crippen LogP contribution in [-0.2, 0) is 13.0 Å². The highest BCUT2D eigenvalue weighted by Gasteiger charge is 2.34. The summed E-state index contributed by atoms with van der Waals surface area (Å²) in [4.78, 5) is 19.3. The van der Waals surface area contributed by atoms with Gasteiger partial charge in [0, 0.05) is 25.7 Å². The van der Waals surface area contributed by atoms with E-state index < -0.39 is 0 Å². The number of fused-ring (bicyclic) bond motifs is 1. The third kappa shape index (κ3) is 3.39. The number of aromatic amines is 1. The molecule has 3 aromatic heterocycles. The smallest absolute Gasteiger partial charge is 0.244 e. The maximum atomic E-state index is 5.69. The number of H-pyrrole nitrogens is 1. The molecule has 1 saturated carbocycles. The van der Waals surface area contributed by atoms with E-state index in [0.29, 0.717) is 11.7 Å². The summed E-state index contributed by atoms with van der Waals surface area (Å²) in [5.74, 6) is 1.97. The lowest BCUT2D eigenvalue weighted by Gasteiger charge is -2.36. The molecule has 0 amide bonds. The quantitative estimate of drug-likeness (QED) is 0.762. The lowest BCUT2D eigenvalue weighted by atomic mass is 9.88. The zero-order valence-corrected chi connectivity index (χ0v) is 15.3. The van der Waals surface area contributed by atoms with E-state index in [1.165, 1.54) is 37.8 Å². The maximum absolute atomic E-state index is 5.69. The zero-order valence-electron chi connectivity index (χ0n) is 15.3. The lowest BCUT2D eigenvalue weighted by molar-refractivity contribution is 0.104. The Morgan fingerprint density at radius 2 is 2.07 bits per heavy atom. The number of nitrogens with zero attached hydrogens (tertiary/aromatic N) is 5. The monoisotopic (exact) mass is 364 g/mol. The summed E-state index contributed by atoms with van der Waals surface area (Å²) in [6, 6.07) is 5.80. The number of hydrogen-bond acceptors (Lipinski definition) is 6. The van der Waals surface area contributed by atoms with E-state index in [9.17, 15) is 0 Å². The van der Waals surface area contributed by atoms with E-state index in [0.717, 1.165) is 36.8 Å². The minimum atomic E-state index is 0.0766. The van der Waals surface area contributed by atoms with Crippen molar-refractivity contribution < 1.29 is 4.52 Å². The second-order valence-electron chi connectivity index (χ2n) is 7.65. The Morgan fingerprint density at radius 1 is 1.15 bits per heavy atom. The molecular formula is C20H24N6O. The van der Waals surface area contributed by atoms with Gasteiger partial charge in [-0.05, 0) is 30.9 Å². The van der Waals surface area contributed by atoms with Crippen LogP contribution in [0.25, 0.3) is 11.5 Å². The van der Waals surface area contributed by atoms with Gasteiger partial charge in [0.15, 0.2) is 0 Å². The summed E-state index contributed by atoms with van der Waals surface area (Å²) in [7, 11) is 0. The Bertz CT molecular complexity index is 883. The molecule has 1 atom stereocenters. The van der Waals surface area contributed by atoms with Gasteiger partial charge in [0.25, 0.3) is 0 Å². The molecule has 0 radical (unpaired) electrons. The fourth-order valence-corrected chi connectivity index (χ4v) is 4.39. The van der Waals surface area contributed by atoms with Gasteiger partial charge < -0.3 is 9.51 Å². The summed E-state index contributed by atoms with van der Waals surface area (Å²) in [6.07, 6.45) is 11.1. The highest BCUT2D eigenvalue weighted by Crippen LogP contribution is 2.34. The molecule has 0 aromatic carbocycles. The molecule has 1 aliphatic carbocycles. The van der Waals surface area contributed by atoms with Crippen LogP contribution in [0.3, 0.4) is 0 Å². The molecular weight excluding hydrogens is 340 g/mol. The van der Waals surface area contributed by atoms with Crippen LogP contribution in [0.5, 0.6) is 0 Å². The first-order valence-corrected chi connectivity index (χ1v) is 9.87. The molecule has 1 unspecified atom stereocenters. The minimum Gasteiger partial charge on any atom is -0.347 e. The molecule has 1 fully saturated rings. The molecule has 3 aromatic rings. The largest absolute Gasteiger partial charge is 0.347 e. The van der Waals surface area contributed by atoms with Crippen LogP contribution >= 0.6 is 0 Å². The number of aromatic nitrogens is 5. The molecule has 0 spiro atoms. The molecule has 5 rings (SSSR count). The van der Waals surface area contributed by atoms with Crippen molar-refractivity contribution >= 4 is 0 Å². The minimum absolute atomic E-state index is 0.0766. The topological polar surface area (TPSA) is 83.7 Å². The van der Waals surface area contributed by atoms with Gasteiger partial charge in [-0.3, -0.25) is 9.88 Å². The fourth-order valence-electron chi connectivity index (χ4n) is 4.39. The summed E-state index contributed by atoms with van der Waals surface area (Å²) >= 11 is 0. The standard InChI is InChI=1S/C20H24N6O/c1-2-6-14(7-3-1)11-26-12-17-16(22-13-23-17)10-18(26)20-24-19(25-27-20)15-8-4-5-9-21-15/h4-5,8-9,13-14,18H,1-3,6-7,10-12H2,(H,22,23). The normalized spacial score (nSPS) is 21.3. The molecule has 140 valence electrons. The molecule has 7 nitrogen and oxygen atoms in total. The average Bonchev–Trinajstić information content (AvgIpc) is 3.38. The van der Waals surface area contributed by atoms with E-state index >= 15 is 0 Å². The van der Waals surface area contributed by atoms with Crippen LogP contribution in [0.1, 0.15) is 55.4 Å². The molecule has 0 saturated heterocycles. The Balaban J connectivity index is 1.42. The zero-order chi connectivity index (χ0) is 18.1. The predicted molar refractivity (Wildman–Crippen MR) is 99.5 cm³/mol. The number of hydrogen-bond donors (Lipinski definition) is 1. The molecule has 7 heteroatoms. The van der Waals surface area contributed by atoms with E-state index in [-0.39, 0.29) is 6.04 Å². The summed E-state index contributed by atoms with van der Waals surface area (Å²) in [5, 5.41) is 4.18. The predicted octanol–water partition coefficient (Wildman–Crippen LogP) is 3.53. The molecule has 4 heterocycles.